The molecule has 1 N–H and O–H groups in total. The lowest BCUT2D eigenvalue weighted by atomic mass is 10.2. The molecule has 3 aromatic rings. The zero-order valence-corrected chi connectivity index (χ0v) is 17.4. The molecule has 0 atom stereocenters. The first-order chi connectivity index (χ1) is 14.6. The molecule has 0 radical (unpaired) electrons. The summed E-state index contributed by atoms with van der Waals surface area (Å²) >= 11 is 0. The maximum absolute atomic E-state index is 12.5. The number of methoxy groups -OCH3 is 2. The second kappa shape index (κ2) is 10.2. The summed E-state index contributed by atoms with van der Waals surface area (Å²) in [5.74, 6) is 2.63. The van der Waals surface area contributed by atoms with Crippen LogP contribution in [0.15, 0.2) is 72.8 Å². The summed E-state index contributed by atoms with van der Waals surface area (Å²) in [6.45, 7) is 0.595. The summed E-state index contributed by atoms with van der Waals surface area (Å²) in [7, 11) is 5.04. The monoisotopic (exact) mass is 406 g/mol. The highest BCUT2D eigenvalue weighted by atomic mass is 16.5. The fourth-order valence-electron chi connectivity index (χ4n) is 3.02. The molecular formula is C24H26N2O4. The molecule has 3 rings (SSSR count). The minimum absolute atomic E-state index is 0.0956. The van der Waals surface area contributed by atoms with E-state index < -0.39 is 0 Å². The van der Waals surface area contributed by atoms with Crippen molar-refractivity contribution < 1.29 is 19.0 Å². The summed E-state index contributed by atoms with van der Waals surface area (Å²) in [6, 6.07) is 22.8. The molecule has 0 heterocycles. The van der Waals surface area contributed by atoms with Crippen molar-refractivity contribution in [2.75, 3.05) is 32.7 Å². The van der Waals surface area contributed by atoms with E-state index in [1.807, 2.05) is 84.7 Å². The van der Waals surface area contributed by atoms with E-state index in [2.05, 4.69) is 5.32 Å². The van der Waals surface area contributed by atoms with Gasteiger partial charge >= 0.3 is 0 Å². The van der Waals surface area contributed by atoms with Gasteiger partial charge in [-0.2, -0.15) is 0 Å². The van der Waals surface area contributed by atoms with Crippen molar-refractivity contribution in [1.29, 1.82) is 0 Å². The second-order valence-electron chi connectivity index (χ2n) is 6.70. The number of anilines is 1. The maximum atomic E-state index is 12.5. The molecular weight excluding hydrogens is 380 g/mol. The summed E-state index contributed by atoms with van der Waals surface area (Å²) in [5, 5.41) is 2.94. The summed E-state index contributed by atoms with van der Waals surface area (Å²) in [5.41, 5.74) is 1.76. The number of ether oxygens (including phenoxy) is 3. The van der Waals surface area contributed by atoms with Crippen LogP contribution >= 0.6 is 0 Å². The molecule has 0 saturated heterocycles. The molecule has 3 aromatic carbocycles. The van der Waals surface area contributed by atoms with Crippen LogP contribution in [0.2, 0.25) is 0 Å². The highest BCUT2D eigenvalue weighted by Crippen LogP contribution is 2.31. The van der Waals surface area contributed by atoms with Crippen LogP contribution in [-0.2, 0) is 11.3 Å². The van der Waals surface area contributed by atoms with Gasteiger partial charge in [-0.15, -0.1) is 0 Å². The Kier molecular flexibility index (Phi) is 7.16. The Morgan fingerprint density at radius 2 is 1.57 bits per heavy atom. The van der Waals surface area contributed by atoms with E-state index in [0.29, 0.717) is 23.8 Å². The lowest BCUT2D eigenvalue weighted by molar-refractivity contribution is -0.119. The van der Waals surface area contributed by atoms with Crippen molar-refractivity contribution in [1.82, 2.24) is 5.32 Å². The maximum Gasteiger partial charge on any atom is 0.239 e. The molecule has 0 aliphatic rings. The number of hydrogen-bond acceptors (Lipinski definition) is 5. The van der Waals surface area contributed by atoms with E-state index in [1.54, 1.807) is 14.2 Å². The Hall–Kier alpha value is -3.67. The van der Waals surface area contributed by atoms with Gasteiger partial charge in [-0.3, -0.25) is 4.79 Å². The quantitative estimate of drug-likeness (QED) is 0.576. The first-order valence-electron chi connectivity index (χ1n) is 9.61. The number of benzene rings is 3. The molecule has 0 fully saturated rings. The smallest absolute Gasteiger partial charge is 0.239 e. The number of hydrogen-bond donors (Lipinski definition) is 1. The Labute approximate surface area is 177 Å². The van der Waals surface area contributed by atoms with Crippen molar-refractivity contribution >= 4 is 11.6 Å². The summed E-state index contributed by atoms with van der Waals surface area (Å²) < 4.78 is 16.5. The van der Waals surface area contributed by atoms with Crippen LogP contribution in [0.4, 0.5) is 5.69 Å². The van der Waals surface area contributed by atoms with Crippen LogP contribution < -0.4 is 24.4 Å². The van der Waals surface area contributed by atoms with Gasteiger partial charge in [0.15, 0.2) is 17.2 Å². The highest BCUT2D eigenvalue weighted by molar-refractivity contribution is 5.82. The van der Waals surface area contributed by atoms with Crippen molar-refractivity contribution in [2.24, 2.45) is 0 Å². The molecule has 0 spiro atoms. The third-order valence-corrected chi connectivity index (χ3v) is 4.57. The van der Waals surface area contributed by atoms with Crippen molar-refractivity contribution in [3.63, 3.8) is 0 Å². The van der Waals surface area contributed by atoms with Gasteiger partial charge in [-0.05, 0) is 42.0 Å². The molecule has 1 amide bonds. The molecule has 0 saturated carbocycles. The van der Waals surface area contributed by atoms with Crippen molar-refractivity contribution in [3.8, 4) is 23.0 Å². The molecule has 0 bridgehead atoms. The molecule has 0 aliphatic carbocycles. The number of nitrogens with one attached hydrogen (secondary N) is 1. The van der Waals surface area contributed by atoms with E-state index in [4.69, 9.17) is 14.2 Å². The second-order valence-corrected chi connectivity index (χ2v) is 6.70. The fraction of sp³-hybridized carbons (Fsp3) is 0.208. The predicted octanol–water partition coefficient (Wildman–Crippen LogP) is 4.25. The van der Waals surface area contributed by atoms with Gasteiger partial charge in [-0.1, -0.05) is 36.4 Å². The number of rotatable bonds is 9. The SMILES string of the molecule is COc1ccc(CNC(=O)CN(C)c2ccccc2Oc2ccccc2)cc1OC. The largest absolute Gasteiger partial charge is 0.493 e. The lowest BCUT2D eigenvalue weighted by Crippen LogP contribution is -2.34. The van der Waals surface area contributed by atoms with Crippen LogP contribution in [0.5, 0.6) is 23.0 Å². The van der Waals surface area contributed by atoms with Gasteiger partial charge < -0.3 is 24.4 Å². The van der Waals surface area contributed by atoms with E-state index in [-0.39, 0.29) is 12.5 Å². The van der Waals surface area contributed by atoms with Gasteiger partial charge in [0.2, 0.25) is 5.91 Å². The van der Waals surface area contributed by atoms with E-state index in [9.17, 15) is 4.79 Å². The van der Waals surface area contributed by atoms with Gasteiger partial charge in [0, 0.05) is 13.6 Å². The van der Waals surface area contributed by atoms with Crippen LogP contribution in [0.3, 0.4) is 0 Å². The Bertz CT molecular complexity index is 976. The third-order valence-electron chi connectivity index (χ3n) is 4.57. The molecule has 6 heteroatoms. The predicted molar refractivity (Wildman–Crippen MR) is 118 cm³/mol. The zero-order valence-electron chi connectivity index (χ0n) is 17.4. The van der Waals surface area contributed by atoms with Gasteiger partial charge in [0.25, 0.3) is 0 Å². The number of nitrogens with zero attached hydrogens (tertiary/aromatic N) is 1. The Morgan fingerprint density at radius 3 is 2.30 bits per heavy atom. The van der Waals surface area contributed by atoms with Crippen LogP contribution in [0, 0.1) is 0 Å². The van der Waals surface area contributed by atoms with Crippen molar-refractivity contribution in [3.05, 3.63) is 78.4 Å². The fourth-order valence-corrected chi connectivity index (χ4v) is 3.02. The average molecular weight is 406 g/mol. The molecule has 0 aliphatic heterocycles. The zero-order chi connectivity index (χ0) is 21.3. The minimum atomic E-state index is -0.0956. The van der Waals surface area contributed by atoms with Crippen LogP contribution in [-0.4, -0.2) is 33.7 Å². The molecule has 0 aromatic heterocycles. The van der Waals surface area contributed by atoms with Crippen LogP contribution in [0.25, 0.3) is 0 Å². The molecule has 0 unspecified atom stereocenters. The third kappa shape index (κ3) is 5.44. The van der Waals surface area contributed by atoms with E-state index >= 15 is 0 Å². The van der Waals surface area contributed by atoms with Crippen molar-refractivity contribution in [2.45, 2.75) is 6.54 Å². The number of carbonyl (C=O) groups excluding carboxylic acids is 1. The average Bonchev–Trinajstić information content (AvgIpc) is 2.78. The number of amides is 1. The highest BCUT2D eigenvalue weighted by Gasteiger charge is 2.13. The number of para-hydroxylation sites is 3. The van der Waals surface area contributed by atoms with E-state index in [0.717, 1.165) is 17.0 Å². The van der Waals surface area contributed by atoms with Crippen LogP contribution in [0.1, 0.15) is 5.56 Å². The number of likely N-dealkylation sites (N-methyl/N-ethyl adjacent to an activating group) is 1. The normalized spacial score (nSPS) is 10.2. The lowest BCUT2D eigenvalue weighted by Gasteiger charge is -2.22. The number of carbonyl (C=O) groups is 1. The van der Waals surface area contributed by atoms with Gasteiger partial charge in [-0.25, -0.2) is 0 Å². The topological polar surface area (TPSA) is 60.0 Å². The molecule has 30 heavy (non-hydrogen) atoms. The first-order valence-corrected chi connectivity index (χ1v) is 9.61. The molecule has 156 valence electrons. The first kappa shape index (κ1) is 21.0. The Morgan fingerprint density at radius 1 is 0.867 bits per heavy atom. The standard InChI is InChI=1S/C24H26N2O4/c1-26(20-11-7-8-12-21(20)30-19-9-5-4-6-10-19)17-24(27)25-16-18-13-14-22(28-2)23(15-18)29-3/h4-15H,16-17H2,1-3H3,(H,25,27). The molecule has 6 nitrogen and oxygen atoms in total. The summed E-state index contributed by atoms with van der Waals surface area (Å²) in [6.07, 6.45) is 0. The Balaban J connectivity index is 1.61. The van der Waals surface area contributed by atoms with Gasteiger partial charge in [0.1, 0.15) is 5.75 Å². The van der Waals surface area contributed by atoms with E-state index in [1.165, 1.54) is 0 Å². The minimum Gasteiger partial charge on any atom is -0.493 e. The van der Waals surface area contributed by atoms with Gasteiger partial charge in [0.05, 0.1) is 26.5 Å². The summed E-state index contributed by atoms with van der Waals surface area (Å²) in [4.78, 5) is 14.4.